The Morgan fingerprint density at radius 1 is 1.09 bits per heavy atom. The molecule has 1 aliphatic heterocycles. The summed E-state index contributed by atoms with van der Waals surface area (Å²) in [6, 6.07) is 10.4. The number of piperazine rings is 1. The standard InChI is InChI=1S/C17H17FN4/c1-21-6-8-22(9-7-21)17-5-3-14(12-20-17)13-2-4-16(18)15(10-13)11-19/h2-5,10,12H,6-9H2,1H3. The quantitative estimate of drug-likeness (QED) is 0.854. The number of likely N-dealkylation sites (N-methyl/N-ethyl adjacent to an activating group) is 1. The number of anilines is 1. The van der Waals surface area contributed by atoms with Crippen molar-refractivity contribution in [2.24, 2.45) is 0 Å². The zero-order valence-electron chi connectivity index (χ0n) is 12.5. The first-order valence-electron chi connectivity index (χ1n) is 7.27. The van der Waals surface area contributed by atoms with E-state index in [4.69, 9.17) is 5.26 Å². The highest BCUT2D eigenvalue weighted by molar-refractivity contribution is 5.65. The average Bonchev–Trinajstić information content (AvgIpc) is 2.56. The summed E-state index contributed by atoms with van der Waals surface area (Å²) in [7, 11) is 2.12. The van der Waals surface area contributed by atoms with Crippen LogP contribution in [0.5, 0.6) is 0 Å². The molecule has 1 saturated heterocycles. The maximum Gasteiger partial charge on any atom is 0.140 e. The van der Waals surface area contributed by atoms with Crippen molar-refractivity contribution in [1.82, 2.24) is 9.88 Å². The number of pyridine rings is 1. The van der Waals surface area contributed by atoms with Crippen LogP contribution in [0.2, 0.25) is 0 Å². The minimum Gasteiger partial charge on any atom is -0.354 e. The Morgan fingerprint density at radius 2 is 1.82 bits per heavy atom. The number of nitriles is 1. The molecule has 1 fully saturated rings. The molecular weight excluding hydrogens is 279 g/mol. The molecule has 0 spiro atoms. The number of rotatable bonds is 2. The molecule has 0 amide bonds. The van der Waals surface area contributed by atoms with E-state index in [2.05, 4.69) is 21.8 Å². The van der Waals surface area contributed by atoms with Crippen LogP contribution in [0.15, 0.2) is 36.5 Å². The van der Waals surface area contributed by atoms with Crippen molar-refractivity contribution in [3.63, 3.8) is 0 Å². The maximum absolute atomic E-state index is 13.4. The molecule has 0 radical (unpaired) electrons. The zero-order valence-corrected chi connectivity index (χ0v) is 12.5. The summed E-state index contributed by atoms with van der Waals surface area (Å²) in [6.45, 7) is 4.01. The van der Waals surface area contributed by atoms with Crippen LogP contribution in [-0.4, -0.2) is 43.1 Å². The van der Waals surface area contributed by atoms with Gasteiger partial charge in [0.1, 0.15) is 17.7 Å². The summed E-state index contributed by atoms with van der Waals surface area (Å²) in [5.74, 6) is 0.465. The summed E-state index contributed by atoms with van der Waals surface area (Å²) in [5, 5.41) is 8.91. The first kappa shape index (κ1) is 14.5. The predicted molar refractivity (Wildman–Crippen MR) is 84.1 cm³/mol. The van der Waals surface area contributed by atoms with E-state index in [9.17, 15) is 4.39 Å². The van der Waals surface area contributed by atoms with Crippen molar-refractivity contribution < 1.29 is 4.39 Å². The van der Waals surface area contributed by atoms with Gasteiger partial charge in [0.05, 0.1) is 5.56 Å². The topological polar surface area (TPSA) is 43.2 Å². The van der Waals surface area contributed by atoms with Gasteiger partial charge in [-0.25, -0.2) is 9.37 Å². The Labute approximate surface area is 129 Å². The van der Waals surface area contributed by atoms with E-state index in [1.165, 1.54) is 6.07 Å². The molecule has 0 unspecified atom stereocenters. The van der Waals surface area contributed by atoms with Crippen LogP contribution in [-0.2, 0) is 0 Å². The van der Waals surface area contributed by atoms with Crippen LogP contribution in [0.1, 0.15) is 5.56 Å². The van der Waals surface area contributed by atoms with Crippen molar-refractivity contribution in [2.45, 2.75) is 0 Å². The normalized spacial score (nSPS) is 15.6. The lowest BCUT2D eigenvalue weighted by atomic mass is 10.0. The smallest absolute Gasteiger partial charge is 0.140 e. The van der Waals surface area contributed by atoms with Crippen LogP contribution in [0.4, 0.5) is 10.2 Å². The molecule has 2 heterocycles. The monoisotopic (exact) mass is 296 g/mol. The van der Waals surface area contributed by atoms with Crippen molar-refractivity contribution in [1.29, 1.82) is 5.26 Å². The van der Waals surface area contributed by atoms with Gasteiger partial charge in [0.2, 0.25) is 0 Å². The molecule has 0 N–H and O–H groups in total. The van der Waals surface area contributed by atoms with Gasteiger partial charge in [0.15, 0.2) is 0 Å². The molecule has 1 aromatic carbocycles. The number of nitrogens with zero attached hydrogens (tertiary/aromatic N) is 4. The lowest BCUT2D eigenvalue weighted by Gasteiger charge is -2.33. The van der Waals surface area contributed by atoms with Crippen molar-refractivity contribution in [2.75, 3.05) is 38.1 Å². The Balaban J connectivity index is 1.81. The summed E-state index contributed by atoms with van der Waals surface area (Å²) in [6.07, 6.45) is 1.78. The highest BCUT2D eigenvalue weighted by Crippen LogP contribution is 2.23. The highest BCUT2D eigenvalue weighted by atomic mass is 19.1. The molecule has 1 aliphatic rings. The molecule has 3 rings (SSSR count). The molecule has 22 heavy (non-hydrogen) atoms. The molecule has 0 saturated carbocycles. The van der Waals surface area contributed by atoms with E-state index in [1.54, 1.807) is 18.3 Å². The lowest BCUT2D eigenvalue weighted by Crippen LogP contribution is -2.44. The molecular formula is C17H17FN4. The maximum atomic E-state index is 13.4. The number of benzene rings is 1. The van der Waals surface area contributed by atoms with Gasteiger partial charge < -0.3 is 9.80 Å². The Hall–Kier alpha value is -2.45. The molecule has 112 valence electrons. The van der Waals surface area contributed by atoms with E-state index in [0.717, 1.165) is 43.1 Å². The third-order valence-electron chi connectivity index (χ3n) is 4.00. The summed E-state index contributed by atoms with van der Waals surface area (Å²) in [5.41, 5.74) is 1.74. The first-order chi connectivity index (χ1) is 10.7. The molecule has 4 nitrogen and oxygen atoms in total. The Kier molecular flexibility index (Phi) is 4.03. The van der Waals surface area contributed by atoms with Crippen molar-refractivity contribution in [3.05, 3.63) is 47.9 Å². The summed E-state index contributed by atoms with van der Waals surface area (Å²) < 4.78 is 13.4. The largest absolute Gasteiger partial charge is 0.354 e. The summed E-state index contributed by atoms with van der Waals surface area (Å²) >= 11 is 0. The van der Waals surface area contributed by atoms with E-state index in [0.29, 0.717) is 0 Å². The highest BCUT2D eigenvalue weighted by Gasteiger charge is 2.15. The number of aromatic nitrogens is 1. The minimum atomic E-state index is -0.492. The molecule has 0 aliphatic carbocycles. The predicted octanol–water partition coefficient (Wildman–Crippen LogP) is 2.51. The average molecular weight is 296 g/mol. The van der Waals surface area contributed by atoms with E-state index in [1.807, 2.05) is 18.2 Å². The third kappa shape index (κ3) is 2.92. The van der Waals surface area contributed by atoms with Gasteiger partial charge in [0.25, 0.3) is 0 Å². The fraction of sp³-hybridized carbons (Fsp3) is 0.294. The van der Waals surface area contributed by atoms with Crippen molar-refractivity contribution >= 4 is 5.82 Å². The second-order valence-electron chi connectivity index (χ2n) is 5.50. The number of halogens is 1. The minimum absolute atomic E-state index is 0.0562. The SMILES string of the molecule is CN1CCN(c2ccc(-c3ccc(F)c(C#N)c3)cn2)CC1. The zero-order chi connectivity index (χ0) is 15.5. The van der Waals surface area contributed by atoms with E-state index in [-0.39, 0.29) is 5.56 Å². The first-order valence-corrected chi connectivity index (χ1v) is 7.27. The second kappa shape index (κ2) is 6.12. The van der Waals surface area contributed by atoms with Crippen molar-refractivity contribution in [3.8, 4) is 17.2 Å². The van der Waals surface area contributed by atoms with Crippen LogP contribution >= 0.6 is 0 Å². The van der Waals surface area contributed by atoms with Crippen LogP contribution in [0.3, 0.4) is 0 Å². The van der Waals surface area contributed by atoms with E-state index >= 15 is 0 Å². The van der Waals surface area contributed by atoms with Gasteiger partial charge in [-0.05, 0) is 36.9 Å². The fourth-order valence-corrected chi connectivity index (χ4v) is 2.57. The lowest BCUT2D eigenvalue weighted by molar-refractivity contribution is 0.312. The molecule has 0 atom stereocenters. The summed E-state index contributed by atoms with van der Waals surface area (Å²) in [4.78, 5) is 9.07. The van der Waals surface area contributed by atoms with Crippen LogP contribution < -0.4 is 4.90 Å². The van der Waals surface area contributed by atoms with Gasteiger partial charge in [-0.1, -0.05) is 6.07 Å². The van der Waals surface area contributed by atoms with Gasteiger partial charge in [-0.2, -0.15) is 5.26 Å². The molecule has 1 aromatic heterocycles. The van der Waals surface area contributed by atoms with Gasteiger partial charge in [0, 0.05) is 37.9 Å². The Bertz CT molecular complexity index is 698. The molecule has 5 heteroatoms. The van der Waals surface area contributed by atoms with Gasteiger partial charge in [-0.15, -0.1) is 0 Å². The molecule has 2 aromatic rings. The third-order valence-corrected chi connectivity index (χ3v) is 4.00. The number of hydrogen-bond donors (Lipinski definition) is 0. The van der Waals surface area contributed by atoms with E-state index < -0.39 is 5.82 Å². The molecule has 0 bridgehead atoms. The van der Waals surface area contributed by atoms with Gasteiger partial charge >= 0.3 is 0 Å². The van der Waals surface area contributed by atoms with Crippen LogP contribution in [0, 0.1) is 17.1 Å². The number of hydrogen-bond acceptors (Lipinski definition) is 4. The van der Waals surface area contributed by atoms with Gasteiger partial charge in [-0.3, -0.25) is 0 Å². The second-order valence-corrected chi connectivity index (χ2v) is 5.50. The Morgan fingerprint density at radius 3 is 2.45 bits per heavy atom. The fourth-order valence-electron chi connectivity index (χ4n) is 2.57. The van der Waals surface area contributed by atoms with Crippen LogP contribution in [0.25, 0.3) is 11.1 Å².